The molecule has 45 heteroatoms. The molecule has 6 fully saturated rings. The van der Waals surface area contributed by atoms with E-state index in [-0.39, 0.29) is 19.4 Å². The van der Waals surface area contributed by atoms with E-state index in [4.69, 9.17) is 61.6 Å². The average Bonchev–Trinajstić information content (AvgIpc) is 0.772. The lowest BCUT2D eigenvalue weighted by atomic mass is 9.93. The number of unbranched alkanes of at least 4 members (excludes halogenated alkanes) is 2. The molecular weight excluding hydrogens is 1510 g/mol. The first-order valence-corrected chi connectivity index (χ1v) is 37.2. The van der Waals surface area contributed by atoms with Gasteiger partial charge in [0.1, 0.15) is 110 Å². The van der Waals surface area contributed by atoms with Crippen LogP contribution in [0.3, 0.4) is 0 Å². The predicted molar refractivity (Wildman–Crippen MR) is 367 cm³/mol. The number of carbonyl (C=O) groups excluding carboxylic acids is 7. The molecule has 0 aromatic heterocycles. The molecule has 6 aliphatic rings. The summed E-state index contributed by atoms with van der Waals surface area (Å²) in [7, 11) is 1.22. The van der Waals surface area contributed by atoms with Gasteiger partial charge in [-0.1, -0.05) is 6.42 Å². The van der Waals surface area contributed by atoms with Gasteiger partial charge in [-0.05, 0) is 54.4 Å². The molecule has 0 radical (unpaired) electrons. The first-order valence-electron chi connectivity index (χ1n) is 37.2. The van der Waals surface area contributed by atoms with Crippen molar-refractivity contribution in [2.45, 2.75) is 326 Å². The van der Waals surface area contributed by atoms with Crippen molar-refractivity contribution in [1.82, 2.24) is 31.9 Å². The van der Waals surface area contributed by atoms with Gasteiger partial charge in [-0.3, -0.25) is 33.6 Å². The molecule has 0 saturated carbocycles. The smallest absolute Gasteiger partial charge is 0.305 e. The van der Waals surface area contributed by atoms with Crippen molar-refractivity contribution >= 4 is 41.4 Å². The summed E-state index contributed by atoms with van der Waals surface area (Å²) < 4.78 is 81.1. The van der Waals surface area contributed by atoms with E-state index in [0.29, 0.717) is 12.8 Å². The number of ether oxygens (including phenoxy) is 13. The van der Waals surface area contributed by atoms with Crippen molar-refractivity contribution in [1.29, 1.82) is 0 Å². The first-order chi connectivity index (χ1) is 53.0. The fourth-order valence-electron chi connectivity index (χ4n) is 13.4. The summed E-state index contributed by atoms with van der Waals surface area (Å²) in [5.41, 5.74) is 0. The van der Waals surface area contributed by atoms with Gasteiger partial charge in [0.25, 0.3) is 0 Å². The fourth-order valence-corrected chi connectivity index (χ4v) is 13.4. The van der Waals surface area contributed by atoms with Gasteiger partial charge < -0.3 is 191 Å². The Balaban J connectivity index is 1.51. The molecule has 112 heavy (non-hydrogen) atoms. The van der Waals surface area contributed by atoms with Gasteiger partial charge in [0, 0.05) is 91.2 Å². The number of methoxy groups -OCH3 is 1. The van der Waals surface area contributed by atoms with Gasteiger partial charge >= 0.3 is 5.97 Å². The molecule has 6 heterocycles. The number of rotatable bonds is 41. The van der Waals surface area contributed by atoms with Crippen molar-refractivity contribution in [3.8, 4) is 0 Å². The van der Waals surface area contributed by atoms with Crippen LogP contribution in [0.2, 0.25) is 0 Å². The Hall–Kier alpha value is -4.95. The molecule has 0 aliphatic carbocycles. The van der Waals surface area contributed by atoms with E-state index in [9.17, 15) is 131 Å². The second kappa shape index (κ2) is 45.7. The van der Waals surface area contributed by atoms with E-state index in [1.165, 1.54) is 48.7 Å². The zero-order chi connectivity index (χ0) is 83.3. The molecule has 0 spiro atoms. The van der Waals surface area contributed by atoms with Crippen LogP contribution in [-0.2, 0) is 95.1 Å². The van der Waals surface area contributed by atoms with Crippen molar-refractivity contribution in [2.24, 2.45) is 0 Å². The van der Waals surface area contributed by atoms with Crippen LogP contribution in [-0.4, -0.2) is 412 Å². The Kier molecular flexibility index (Phi) is 39.1. The van der Waals surface area contributed by atoms with Crippen molar-refractivity contribution in [3.05, 3.63) is 0 Å². The largest absolute Gasteiger partial charge is 0.469 e. The second-order valence-corrected chi connectivity index (χ2v) is 28.3. The van der Waals surface area contributed by atoms with E-state index < -0.39 is 340 Å². The van der Waals surface area contributed by atoms with Gasteiger partial charge in [-0.15, -0.1) is 0 Å². The second-order valence-electron chi connectivity index (χ2n) is 28.3. The molecule has 0 unspecified atom stereocenters. The molecule has 6 saturated heterocycles. The van der Waals surface area contributed by atoms with Crippen LogP contribution in [0.1, 0.15) is 106 Å². The quantitative estimate of drug-likeness (QED) is 0.0200. The number of amides is 6. The summed E-state index contributed by atoms with van der Waals surface area (Å²) in [5.74, 6) is -7.48. The highest BCUT2D eigenvalue weighted by atomic mass is 16.8. The van der Waals surface area contributed by atoms with E-state index in [1.54, 1.807) is 0 Å². The monoisotopic (exact) mass is 1630 g/mol. The minimum absolute atomic E-state index is 0.0487. The molecule has 6 rings (SSSR count). The molecule has 25 N–H and O–H groups in total. The Labute approximate surface area is 643 Å². The van der Waals surface area contributed by atoms with Crippen LogP contribution in [0, 0.1) is 0 Å². The standard InChI is InChI=1S/C67H116N6O39/c1-25-38(68-56(94)31(80)12-18-74)44(87)50(93)62(102-25)108-52-46(89)40(70-58(96)33(82)14-20-76)27(3)104-64(52)110-54-48(91)42(72-60(98)35(84)16-22-78)29(5)106-66(54)112-55-49(92)43(73-61(99)36(85)17-23-79)30(6)107-67(55)111-53-47(90)41(71-59(97)34(83)15-21-77)28(4)105-65(53)109-51-45(88)39(69-57(95)32(81)13-19-75)26(2)103-63(51)101-24-10-8-9-11-37(86)100-7/h25-36,38-55,62-67,74-85,87-93H,8-24H2,1-7H3,(H,68,94)(H,69,95)(H,70,96)(H,71,97)(H,72,98)(H,73,99)/t25-,26-,27-,28-,29-,30-,31-,32-,33-,34-,35-,36-,38-,39-,40-,41-,42-,43-,44+,45+,46+,47+,48+,49+,50+,51+,52+,53+,54+,55+,62-,63+,64-,65-,66-,67-/m1/s1. The van der Waals surface area contributed by atoms with Crippen LogP contribution < -0.4 is 31.9 Å². The predicted octanol–water partition coefficient (Wildman–Crippen LogP) is -13.0. The minimum atomic E-state index is -2.32. The van der Waals surface area contributed by atoms with Crippen LogP contribution in [0.5, 0.6) is 0 Å². The van der Waals surface area contributed by atoms with E-state index in [2.05, 4.69) is 31.9 Å². The average molecular weight is 1630 g/mol. The molecule has 45 nitrogen and oxygen atoms in total. The number of aliphatic hydroxyl groups is 19. The summed E-state index contributed by atoms with van der Waals surface area (Å²) in [5, 5.41) is 222. The molecule has 0 aromatic carbocycles. The Bertz CT molecular complexity index is 2910. The van der Waals surface area contributed by atoms with Gasteiger partial charge in [-0.2, -0.15) is 0 Å². The molecule has 6 amide bonds. The van der Waals surface area contributed by atoms with Crippen molar-refractivity contribution in [2.75, 3.05) is 53.4 Å². The lowest BCUT2D eigenvalue weighted by Crippen LogP contribution is -2.71. The number of hydrogen-bond acceptors (Lipinski definition) is 39. The van der Waals surface area contributed by atoms with Gasteiger partial charge in [0.2, 0.25) is 35.4 Å². The summed E-state index contributed by atoms with van der Waals surface area (Å²) >= 11 is 0. The summed E-state index contributed by atoms with van der Waals surface area (Å²) in [6, 6.07) is -9.90. The molecular formula is C67H116N6O39. The maximum absolute atomic E-state index is 13.7. The van der Waals surface area contributed by atoms with Crippen molar-refractivity contribution < 1.29 is 192 Å². The lowest BCUT2D eigenvalue weighted by Gasteiger charge is -2.52. The van der Waals surface area contributed by atoms with E-state index in [1.807, 2.05) is 0 Å². The topological polar surface area (TPSA) is 696 Å². The fraction of sp³-hybridized carbons (Fsp3) is 0.896. The zero-order valence-corrected chi connectivity index (χ0v) is 63.0. The number of esters is 1. The third-order valence-electron chi connectivity index (χ3n) is 20.1. The number of carbonyl (C=O) groups is 7. The lowest BCUT2D eigenvalue weighted by molar-refractivity contribution is -0.400. The highest BCUT2D eigenvalue weighted by molar-refractivity contribution is 5.83. The molecule has 0 aromatic rings. The maximum atomic E-state index is 13.7. The summed E-state index contributed by atoms with van der Waals surface area (Å²) in [6.07, 6.45) is -60.7. The zero-order valence-electron chi connectivity index (χ0n) is 63.0. The van der Waals surface area contributed by atoms with Crippen LogP contribution >= 0.6 is 0 Å². The van der Waals surface area contributed by atoms with Crippen LogP contribution in [0.25, 0.3) is 0 Å². The number of aliphatic hydroxyl groups excluding tert-OH is 19. The van der Waals surface area contributed by atoms with Gasteiger partial charge in [0.05, 0.1) is 80.0 Å². The highest BCUT2D eigenvalue weighted by Gasteiger charge is 2.59. The summed E-state index contributed by atoms with van der Waals surface area (Å²) in [6.45, 7) is 3.46. The molecule has 6 aliphatic heterocycles. The minimum Gasteiger partial charge on any atom is -0.469 e. The van der Waals surface area contributed by atoms with Gasteiger partial charge in [0.15, 0.2) is 37.7 Å². The van der Waals surface area contributed by atoms with Crippen LogP contribution in [0.15, 0.2) is 0 Å². The highest BCUT2D eigenvalue weighted by Crippen LogP contribution is 2.39. The summed E-state index contributed by atoms with van der Waals surface area (Å²) in [4.78, 5) is 92.7. The Morgan fingerprint density at radius 2 is 0.518 bits per heavy atom. The SMILES string of the molecule is COC(=O)CCCCCO[C@H]1O[C@H](C)[C@@H](NC(=O)[C@H](O)CCO)[C@H](O)[C@@H]1O[C@H]1O[C@H](C)[C@@H](NC(=O)[C@H](O)CCO)[C@H](O)[C@@H]1O[C@H]1O[C@H](C)[C@@H](NC(=O)[C@H](O)CCO)[C@H](O)[C@@H]1O[C@H]1O[C@H](C)[C@@H](NC(=O)[C@H](O)CCO)[C@H](O)[C@@H]1O[C@H]1O[C@H](C)[C@@H](NC(=O)[C@H](O)CCO)[C@H](O)[C@@H]1O[C@H]1O[C@H](C)[C@@H](NC(=O)[C@H](O)CCO)[C@H](O)[C@@H]1O. The number of nitrogens with one attached hydrogen (secondary N) is 6. The maximum Gasteiger partial charge on any atom is 0.305 e. The Morgan fingerprint density at radius 1 is 0.304 bits per heavy atom. The van der Waals surface area contributed by atoms with Gasteiger partial charge in [-0.25, -0.2) is 0 Å². The number of hydrogen-bond donors (Lipinski definition) is 25. The molecule has 0 bridgehead atoms. The molecule has 36 atom stereocenters. The van der Waals surface area contributed by atoms with E-state index >= 15 is 0 Å². The van der Waals surface area contributed by atoms with E-state index in [0.717, 1.165) is 0 Å². The van der Waals surface area contributed by atoms with Crippen molar-refractivity contribution in [3.63, 3.8) is 0 Å². The third-order valence-corrected chi connectivity index (χ3v) is 20.1. The third kappa shape index (κ3) is 25.3. The molecule has 648 valence electrons. The Morgan fingerprint density at radius 3 is 0.759 bits per heavy atom. The normalized spacial score (nSPS) is 38.0. The first kappa shape index (κ1) is 95.9. The van der Waals surface area contributed by atoms with Crippen LogP contribution in [0.4, 0.5) is 0 Å².